The van der Waals surface area contributed by atoms with Gasteiger partial charge in [0.15, 0.2) is 5.65 Å². The number of aromatic amines is 1. The smallest absolute Gasteiger partial charge is 0.384 e. The first-order chi connectivity index (χ1) is 15.3. The second-order valence-electron chi connectivity index (χ2n) is 7.72. The van der Waals surface area contributed by atoms with Crippen LogP contribution in [0.5, 0.6) is 0 Å². The first kappa shape index (κ1) is 20.0. The third-order valence-corrected chi connectivity index (χ3v) is 5.64. The number of halogens is 3. The minimum atomic E-state index is -4.52. The Kier molecular flexibility index (Phi) is 4.61. The van der Waals surface area contributed by atoms with E-state index in [0.29, 0.717) is 17.2 Å². The molecule has 9 heteroatoms. The van der Waals surface area contributed by atoms with E-state index in [-0.39, 0.29) is 5.56 Å². The Bertz CT molecular complexity index is 1360. The molecule has 0 saturated heterocycles. The fraction of sp³-hybridized carbons (Fsp3) is 0.174. The number of carbonyl (C=O) groups is 1. The van der Waals surface area contributed by atoms with Crippen molar-refractivity contribution >= 4 is 28.4 Å². The Balaban J connectivity index is 1.48. The molecule has 0 atom stereocenters. The number of aromatic nitrogens is 3. The van der Waals surface area contributed by atoms with Crippen LogP contribution in [0, 0.1) is 0 Å². The van der Waals surface area contributed by atoms with Gasteiger partial charge in [-0.2, -0.15) is 18.3 Å². The predicted octanol–water partition coefficient (Wildman–Crippen LogP) is 4.97. The van der Waals surface area contributed by atoms with Crippen molar-refractivity contribution in [1.82, 2.24) is 15.2 Å². The topological polar surface area (TPSA) is 96.7 Å². The average Bonchev–Trinajstić information content (AvgIpc) is 3.39. The van der Waals surface area contributed by atoms with E-state index < -0.39 is 17.6 Å². The predicted molar refractivity (Wildman–Crippen MR) is 115 cm³/mol. The molecule has 1 aliphatic rings. The maximum Gasteiger partial charge on any atom is 0.416 e. The number of nitrogen functional groups attached to an aromatic ring is 1. The summed E-state index contributed by atoms with van der Waals surface area (Å²) in [6.07, 6.45) is -1.79. The van der Waals surface area contributed by atoms with Gasteiger partial charge in [0.1, 0.15) is 5.82 Å². The van der Waals surface area contributed by atoms with Crippen LogP contribution >= 0.6 is 0 Å². The van der Waals surface area contributed by atoms with E-state index in [1.54, 1.807) is 18.2 Å². The van der Waals surface area contributed by atoms with Crippen molar-refractivity contribution in [2.24, 2.45) is 0 Å². The molecule has 6 nitrogen and oxygen atoms in total. The SMILES string of the molecule is Nc1[nH]nc2nc(-c3cccc(NC(=O)c4cccc(C(F)(F)F)c4)c3)c3c(c12)CCC3. The number of benzene rings is 2. The highest BCUT2D eigenvalue weighted by Crippen LogP contribution is 2.37. The Labute approximate surface area is 180 Å². The monoisotopic (exact) mass is 437 g/mol. The van der Waals surface area contributed by atoms with Crippen LogP contribution in [-0.2, 0) is 19.0 Å². The summed E-state index contributed by atoms with van der Waals surface area (Å²) < 4.78 is 38.9. The number of nitrogens with two attached hydrogens (primary N) is 1. The van der Waals surface area contributed by atoms with Crippen molar-refractivity contribution in [2.75, 3.05) is 11.1 Å². The van der Waals surface area contributed by atoms with Gasteiger partial charge in [0.25, 0.3) is 5.91 Å². The molecule has 1 aliphatic carbocycles. The number of fused-ring (bicyclic) bond motifs is 3. The van der Waals surface area contributed by atoms with E-state index >= 15 is 0 Å². The zero-order valence-corrected chi connectivity index (χ0v) is 16.8. The van der Waals surface area contributed by atoms with Crippen LogP contribution in [0.1, 0.15) is 33.5 Å². The molecule has 2 aromatic heterocycles. The number of nitrogens with zero attached hydrogens (tertiary/aromatic N) is 2. The van der Waals surface area contributed by atoms with Gasteiger partial charge < -0.3 is 11.1 Å². The summed E-state index contributed by atoms with van der Waals surface area (Å²) in [5.41, 5.74) is 9.88. The van der Waals surface area contributed by atoms with Crippen LogP contribution in [-0.4, -0.2) is 21.1 Å². The molecule has 0 saturated carbocycles. The molecule has 0 spiro atoms. The highest BCUT2D eigenvalue weighted by Gasteiger charge is 2.31. The standard InChI is InChI=1S/C23H18F3N5O/c24-23(25,26)14-6-1-5-13(10-14)22(32)28-15-7-2-4-12(11-15)19-17-9-3-8-16(17)18-20(27)30-31-21(18)29-19/h1-2,4-7,10-11H,3,8-9H2,(H,28,32)(H3,27,29,30,31). The Morgan fingerprint density at radius 1 is 1.06 bits per heavy atom. The normalized spacial score (nSPS) is 13.3. The van der Waals surface area contributed by atoms with Gasteiger partial charge in [-0.25, -0.2) is 4.98 Å². The van der Waals surface area contributed by atoms with E-state index in [1.165, 1.54) is 12.1 Å². The lowest BCUT2D eigenvalue weighted by molar-refractivity contribution is -0.137. The molecular formula is C23H18F3N5O. The number of H-pyrrole nitrogens is 1. The Morgan fingerprint density at radius 2 is 1.84 bits per heavy atom. The lowest BCUT2D eigenvalue weighted by Crippen LogP contribution is -2.14. The van der Waals surface area contributed by atoms with Crippen molar-refractivity contribution in [3.63, 3.8) is 0 Å². The van der Waals surface area contributed by atoms with Crippen LogP contribution in [0.2, 0.25) is 0 Å². The molecule has 0 fully saturated rings. The third-order valence-electron chi connectivity index (χ3n) is 5.64. The molecule has 4 N–H and O–H groups in total. The van der Waals surface area contributed by atoms with Crippen molar-refractivity contribution in [2.45, 2.75) is 25.4 Å². The summed E-state index contributed by atoms with van der Waals surface area (Å²) in [6, 6.07) is 11.4. The summed E-state index contributed by atoms with van der Waals surface area (Å²) in [4.78, 5) is 17.3. The summed E-state index contributed by atoms with van der Waals surface area (Å²) in [7, 11) is 0. The maximum atomic E-state index is 13.0. The van der Waals surface area contributed by atoms with E-state index in [9.17, 15) is 18.0 Å². The van der Waals surface area contributed by atoms with Gasteiger partial charge >= 0.3 is 6.18 Å². The molecule has 4 aromatic rings. The van der Waals surface area contributed by atoms with Crippen molar-refractivity contribution in [1.29, 1.82) is 0 Å². The van der Waals surface area contributed by atoms with Gasteiger partial charge in [-0.15, -0.1) is 0 Å². The zero-order chi connectivity index (χ0) is 22.5. The highest BCUT2D eigenvalue weighted by atomic mass is 19.4. The highest BCUT2D eigenvalue weighted by molar-refractivity contribution is 6.04. The number of hydrogen-bond acceptors (Lipinski definition) is 4. The third kappa shape index (κ3) is 3.45. The van der Waals surface area contributed by atoms with Crippen LogP contribution in [0.4, 0.5) is 24.7 Å². The number of carbonyl (C=O) groups excluding carboxylic acids is 1. The average molecular weight is 437 g/mol. The van der Waals surface area contributed by atoms with Crippen LogP contribution in [0.3, 0.4) is 0 Å². The second kappa shape index (κ2) is 7.37. The largest absolute Gasteiger partial charge is 0.416 e. The van der Waals surface area contributed by atoms with Crippen LogP contribution in [0.15, 0.2) is 48.5 Å². The molecule has 1 amide bonds. The molecule has 5 rings (SSSR count). The minimum Gasteiger partial charge on any atom is -0.384 e. The van der Waals surface area contributed by atoms with Gasteiger partial charge in [0, 0.05) is 16.8 Å². The molecule has 0 unspecified atom stereocenters. The van der Waals surface area contributed by atoms with Crippen molar-refractivity contribution in [3.8, 4) is 11.3 Å². The fourth-order valence-corrected chi connectivity index (χ4v) is 4.20. The molecule has 162 valence electrons. The molecular weight excluding hydrogens is 419 g/mol. The zero-order valence-electron chi connectivity index (χ0n) is 16.8. The van der Waals surface area contributed by atoms with E-state index in [2.05, 4.69) is 15.5 Å². The lowest BCUT2D eigenvalue weighted by Gasteiger charge is -2.12. The molecule has 2 aromatic carbocycles. The molecule has 0 radical (unpaired) electrons. The number of anilines is 2. The molecule has 0 aliphatic heterocycles. The van der Waals surface area contributed by atoms with Crippen molar-refractivity contribution in [3.05, 3.63) is 70.8 Å². The van der Waals surface area contributed by atoms with Gasteiger partial charge in [-0.3, -0.25) is 9.89 Å². The number of amides is 1. The summed E-state index contributed by atoms with van der Waals surface area (Å²) in [5, 5.41) is 10.5. The number of nitrogens with one attached hydrogen (secondary N) is 2. The maximum absolute atomic E-state index is 13.0. The Hall–Kier alpha value is -3.88. The van der Waals surface area contributed by atoms with E-state index in [4.69, 9.17) is 10.7 Å². The fourth-order valence-electron chi connectivity index (χ4n) is 4.20. The lowest BCUT2D eigenvalue weighted by atomic mass is 10.00. The Morgan fingerprint density at radius 3 is 2.66 bits per heavy atom. The first-order valence-corrected chi connectivity index (χ1v) is 10.1. The quantitative estimate of drug-likeness (QED) is 0.422. The molecule has 2 heterocycles. The summed E-state index contributed by atoms with van der Waals surface area (Å²) >= 11 is 0. The van der Waals surface area contributed by atoms with Gasteiger partial charge in [0.05, 0.1) is 16.6 Å². The van der Waals surface area contributed by atoms with Crippen LogP contribution < -0.4 is 11.1 Å². The number of hydrogen-bond donors (Lipinski definition) is 3. The van der Waals surface area contributed by atoms with Gasteiger partial charge in [-0.1, -0.05) is 18.2 Å². The number of pyridine rings is 1. The van der Waals surface area contributed by atoms with Crippen LogP contribution in [0.25, 0.3) is 22.3 Å². The number of rotatable bonds is 3. The van der Waals surface area contributed by atoms with E-state index in [1.807, 2.05) is 6.07 Å². The number of alkyl halides is 3. The summed E-state index contributed by atoms with van der Waals surface area (Å²) in [6.45, 7) is 0. The number of aryl methyl sites for hydroxylation is 1. The van der Waals surface area contributed by atoms with E-state index in [0.717, 1.165) is 59.2 Å². The first-order valence-electron chi connectivity index (χ1n) is 10.1. The van der Waals surface area contributed by atoms with Crippen molar-refractivity contribution < 1.29 is 18.0 Å². The molecule has 32 heavy (non-hydrogen) atoms. The summed E-state index contributed by atoms with van der Waals surface area (Å²) in [5.74, 6) is -0.124. The minimum absolute atomic E-state index is 0.0716. The second-order valence-corrected chi connectivity index (χ2v) is 7.72. The van der Waals surface area contributed by atoms with Gasteiger partial charge in [-0.05, 0) is 60.7 Å². The van der Waals surface area contributed by atoms with Gasteiger partial charge in [0.2, 0.25) is 0 Å². The molecule has 0 bridgehead atoms.